The van der Waals surface area contributed by atoms with Gasteiger partial charge in [0.1, 0.15) is 11.6 Å². The second-order valence-corrected chi connectivity index (χ2v) is 3.03. The average Bonchev–Trinajstić information content (AvgIpc) is 2.14. The number of aliphatic hydroxyl groups is 1. The van der Waals surface area contributed by atoms with Crippen molar-refractivity contribution in [1.29, 1.82) is 0 Å². The van der Waals surface area contributed by atoms with Gasteiger partial charge in [0.05, 0.1) is 0 Å². The first-order chi connectivity index (χ1) is 7.25. The molecule has 1 rings (SSSR count). The first-order valence-corrected chi connectivity index (χ1v) is 4.00. The van der Waals surface area contributed by atoms with Gasteiger partial charge in [-0.2, -0.15) is 8.78 Å². The summed E-state index contributed by atoms with van der Waals surface area (Å²) in [6, 6.07) is 1.28. The highest BCUT2D eigenvalue weighted by Gasteiger charge is 2.47. The van der Waals surface area contributed by atoms with Gasteiger partial charge in [-0.3, -0.25) is 0 Å². The fourth-order valence-electron chi connectivity index (χ4n) is 1.06. The van der Waals surface area contributed by atoms with Crippen LogP contribution in [0.1, 0.15) is 11.7 Å². The highest BCUT2D eigenvalue weighted by atomic mass is 19.3. The highest BCUT2D eigenvalue weighted by Crippen LogP contribution is 2.32. The Labute approximate surface area is 86.9 Å². The molecule has 1 atom stereocenters. The van der Waals surface area contributed by atoms with Crippen molar-refractivity contribution in [3.8, 4) is 0 Å². The van der Waals surface area contributed by atoms with Gasteiger partial charge in [-0.15, -0.1) is 0 Å². The number of carbonyl (C=O) groups is 1. The molecule has 1 aromatic carbocycles. The van der Waals surface area contributed by atoms with Crippen LogP contribution in [0, 0.1) is 11.6 Å². The summed E-state index contributed by atoms with van der Waals surface area (Å²) in [6.45, 7) is 0. The summed E-state index contributed by atoms with van der Waals surface area (Å²) in [7, 11) is 0. The number of halogens is 4. The number of rotatable bonds is 3. The van der Waals surface area contributed by atoms with Crippen LogP contribution in [0.5, 0.6) is 0 Å². The Bertz CT molecular complexity index is 399. The molecule has 2 N–H and O–H groups in total. The molecule has 0 radical (unpaired) electrons. The van der Waals surface area contributed by atoms with Gasteiger partial charge in [0.2, 0.25) is 0 Å². The molecule has 3 nitrogen and oxygen atoms in total. The smallest absolute Gasteiger partial charge is 0.377 e. The quantitative estimate of drug-likeness (QED) is 0.788. The summed E-state index contributed by atoms with van der Waals surface area (Å²) in [5.74, 6) is -9.46. The summed E-state index contributed by atoms with van der Waals surface area (Å²) in [5.41, 5.74) is -0.843. The third kappa shape index (κ3) is 2.30. The van der Waals surface area contributed by atoms with Crippen LogP contribution in [0.15, 0.2) is 18.2 Å². The van der Waals surface area contributed by atoms with E-state index in [1.807, 2.05) is 0 Å². The molecule has 0 aliphatic rings. The maximum Gasteiger partial charge on any atom is 0.377 e. The van der Waals surface area contributed by atoms with Crippen LogP contribution in [0.3, 0.4) is 0 Å². The molecule has 0 saturated heterocycles. The van der Waals surface area contributed by atoms with Crippen molar-refractivity contribution in [3.05, 3.63) is 35.4 Å². The zero-order valence-corrected chi connectivity index (χ0v) is 7.62. The SMILES string of the molecule is O=C(O)C(F)(F)C(O)c1cc(F)cc(F)c1. The zero-order chi connectivity index (χ0) is 12.5. The molecular formula is C9H6F4O3. The van der Waals surface area contributed by atoms with Crippen molar-refractivity contribution >= 4 is 5.97 Å². The Hall–Kier alpha value is -1.63. The molecule has 0 saturated carbocycles. The lowest BCUT2D eigenvalue weighted by Crippen LogP contribution is -2.35. The second kappa shape index (κ2) is 4.09. The first kappa shape index (κ1) is 12.4. The van der Waals surface area contributed by atoms with Crippen molar-refractivity contribution in [1.82, 2.24) is 0 Å². The van der Waals surface area contributed by atoms with Gasteiger partial charge in [0, 0.05) is 6.07 Å². The van der Waals surface area contributed by atoms with E-state index < -0.39 is 35.2 Å². The maximum atomic E-state index is 12.8. The fraction of sp³-hybridized carbons (Fsp3) is 0.222. The van der Waals surface area contributed by atoms with E-state index in [2.05, 4.69) is 0 Å². The molecule has 0 aromatic heterocycles. The highest BCUT2D eigenvalue weighted by molar-refractivity contribution is 5.76. The predicted octanol–water partition coefficient (Wildman–Crippen LogP) is 1.72. The molecule has 88 valence electrons. The monoisotopic (exact) mass is 238 g/mol. The predicted molar refractivity (Wildman–Crippen MR) is 43.9 cm³/mol. The van der Waals surface area contributed by atoms with E-state index in [1.165, 1.54) is 0 Å². The number of carboxylic acid groups (broad SMARTS) is 1. The normalized spacial score (nSPS) is 13.6. The minimum atomic E-state index is -4.51. The van der Waals surface area contributed by atoms with Crippen LogP contribution in [0.2, 0.25) is 0 Å². The van der Waals surface area contributed by atoms with E-state index in [1.54, 1.807) is 0 Å². The Balaban J connectivity index is 3.14. The van der Waals surface area contributed by atoms with Gasteiger partial charge >= 0.3 is 11.9 Å². The number of hydrogen-bond donors (Lipinski definition) is 2. The molecule has 0 spiro atoms. The van der Waals surface area contributed by atoms with Gasteiger partial charge in [0.25, 0.3) is 0 Å². The molecule has 0 heterocycles. The molecule has 0 aliphatic heterocycles. The topological polar surface area (TPSA) is 57.5 Å². The summed E-state index contributed by atoms with van der Waals surface area (Å²) in [4.78, 5) is 10.1. The number of aliphatic carboxylic acids is 1. The molecule has 7 heteroatoms. The lowest BCUT2D eigenvalue weighted by Gasteiger charge is -2.18. The third-order valence-corrected chi connectivity index (χ3v) is 1.83. The standard InChI is InChI=1S/C9H6F4O3/c10-5-1-4(2-6(11)3-5)7(14)9(12,13)8(15)16/h1-3,7,14H,(H,15,16). The zero-order valence-electron chi connectivity index (χ0n) is 7.62. The van der Waals surface area contributed by atoms with Gasteiger partial charge < -0.3 is 10.2 Å². The van der Waals surface area contributed by atoms with Gasteiger partial charge in [-0.05, 0) is 17.7 Å². The Morgan fingerprint density at radius 2 is 1.62 bits per heavy atom. The summed E-state index contributed by atoms with van der Waals surface area (Å²) in [6.07, 6.45) is -2.81. The summed E-state index contributed by atoms with van der Waals surface area (Å²) >= 11 is 0. The maximum absolute atomic E-state index is 12.8. The van der Waals surface area contributed by atoms with E-state index in [-0.39, 0.29) is 0 Å². The molecule has 0 aliphatic carbocycles. The first-order valence-electron chi connectivity index (χ1n) is 4.00. The van der Waals surface area contributed by atoms with E-state index in [4.69, 9.17) is 10.2 Å². The number of carboxylic acids is 1. The van der Waals surface area contributed by atoms with Gasteiger partial charge in [-0.25, -0.2) is 13.6 Å². The Morgan fingerprint density at radius 3 is 2.00 bits per heavy atom. The minimum absolute atomic E-state index is 0.412. The fourth-order valence-corrected chi connectivity index (χ4v) is 1.06. The van der Waals surface area contributed by atoms with E-state index in [9.17, 15) is 22.4 Å². The van der Waals surface area contributed by atoms with Crippen LogP contribution in [0.4, 0.5) is 17.6 Å². The molecule has 1 unspecified atom stereocenters. The number of alkyl halides is 2. The van der Waals surface area contributed by atoms with E-state index in [0.717, 1.165) is 0 Å². The van der Waals surface area contributed by atoms with Crippen molar-refractivity contribution in [3.63, 3.8) is 0 Å². The van der Waals surface area contributed by atoms with Crippen LogP contribution in [0.25, 0.3) is 0 Å². The molecule has 0 bridgehead atoms. The van der Waals surface area contributed by atoms with Crippen LogP contribution in [-0.2, 0) is 4.79 Å². The van der Waals surface area contributed by atoms with Crippen LogP contribution >= 0.6 is 0 Å². The second-order valence-electron chi connectivity index (χ2n) is 3.03. The Kier molecular flexibility index (Phi) is 3.18. The van der Waals surface area contributed by atoms with Gasteiger partial charge in [0.15, 0.2) is 6.10 Å². The molecule has 0 fully saturated rings. The third-order valence-electron chi connectivity index (χ3n) is 1.83. The lowest BCUT2D eigenvalue weighted by atomic mass is 10.0. The van der Waals surface area contributed by atoms with Gasteiger partial charge in [-0.1, -0.05) is 0 Å². The van der Waals surface area contributed by atoms with Crippen molar-refractivity contribution < 1.29 is 32.6 Å². The Morgan fingerprint density at radius 1 is 1.19 bits per heavy atom. The summed E-state index contributed by atoms with van der Waals surface area (Å²) in [5, 5.41) is 17.1. The molecular weight excluding hydrogens is 232 g/mol. The lowest BCUT2D eigenvalue weighted by molar-refractivity contribution is -0.182. The number of benzene rings is 1. The molecule has 1 aromatic rings. The molecule has 0 amide bonds. The number of aliphatic hydroxyl groups excluding tert-OH is 1. The average molecular weight is 238 g/mol. The van der Waals surface area contributed by atoms with E-state index >= 15 is 0 Å². The minimum Gasteiger partial charge on any atom is -0.477 e. The molecule has 16 heavy (non-hydrogen) atoms. The van der Waals surface area contributed by atoms with Crippen LogP contribution < -0.4 is 0 Å². The number of hydrogen-bond acceptors (Lipinski definition) is 2. The van der Waals surface area contributed by atoms with Crippen molar-refractivity contribution in [2.24, 2.45) is 0 Å². The van der Waals surface area contributed by atoms with Crippen LogP contribution in [-0.4, -0.2) is 22.1 Å². The summed E-state index contributed by atoms with van der Waals surface area (Å²) < 4.78 is 50.9. The largest absolute Gasteiger partial charge is 0.477 e. The van der Waals surface area contributed by atoms with E-state index in [0.29, 0.717) is 18.2 Å². The van der Waals surface area contributed by atoms with Crippen molar-refractivity contribution in [2.45, 2.75) is 12.0 Å². The van der Waals surface area contributed by atoms with Crippen molar-refractivity contribution in [2.75, 3.05) is 0 Å².